The third-order valence-electron chi connectivity index (χ3n) is 5.13. The van der Waals surface area contributed by atoms with E-state index in [0.717, 1.165) is 11.1 Å². The van der Waals surface area contributed by atoms with E-state index in [-0.39, 0.29) is 30.3 Å². The fourth-order valence-electron chi connectivity index (χ4n) is 3.19. The Bertz CT molecular complexity index is 1070. The van der Waals surface area contributed by atoms with Crippen LogP contribution in [0.5, 0.6) is 5.75 Å². The number of aromatic nitrogens is 2. The van der Waals surface area contributed by atoms with Crippen LogP contribution in [-0.4, -0.2) is 34.1 Å². The van der Waals surface area contributed by atoms with E-state index in [9.17, 15) is 18.3 Å². The first kappa shape index (κ1) is 24.3. The minimum absolute atomic E-state index is 0.106. The highest BCUT2D eigenvalue weighted by atomic mass is 19.4. The fraction of sp³-hybridized carbons (Fsp3) is 0.333. The molecule has 6 nitrogen and oxygen atoms in total. The van der Waals surface area contributed by atoms with Gasteiger partial charge in [0.2, 0.25) is 5.95 Å². The lowest BCUT2D eigenvalue weighted by Gasteiger charge is -2.21. The average molecular weight is 461 g/mol. The number of aryl methyl sites for hydroxylation is 1. The van der Waals surface area contributed by atoms with Gasteiger partial charge in [-0.3, -0.25) is 0 Å². The Kier molecular flexibility index (Phi) is 7.75. The van der Waals surface area contributed by atoms with E-state index in [1.807, 2.05) is 45.0 Å². The Hall–Kier alpha value is -3.33. The monoisotopic (exact) mass is 460 g/mol. The molecule has 0 radical (unpaired) electrons. The first-order valence-electron chi connectivity index (χ1n) is 10.6. The van der Waals surface area contributed by atoms with Gasteiger partial charge in [-0.05, 0) is 36.1 Å². The number of alkyl halides is 3. The summed E-state index contributed by atoms with van der Waals surface area (Å²) in [7, 11) is 0. The minimum Gasteiger partial charge on any atom is -0.406 e. The van der Waals surface area contributed by atoms with Crippen molar-refractivity contribution in [2.24, 2.45) is 5.92 Å². The first-order chi connectivity index (χ1) is 15.6. The van der Waals surface area contributed by atoms with E-state index in [4.69, 9.17) is 0 Å². The van der Waals surface area contributed by atoms with Gasteiger partial charge in [0.25, 0.3) is 0 Å². The van der Waals surface area contributed by atoms with Gasteiger partial charge in [-0.25, -0.2) is 4.98 Å². The maximum Gasteiger partial charge on any atom is 0.573 e. The Labute approximate surface area is 190 Å². The van der Waals surface area contributed by atoms with Gasteiger partial charge in [0.15, 0.2) is 0 Å². The van der Waals surface area contributed by atoms with Crippen molar-refractivity contribution >= 4 is 11.8 Å². The number of aliphatic hydroxyl groups is 1. The van der Waals surface area contributed by atoms with E-state index in [1.165, 1.54) is 18.2 Å². The number of nitrogens with one attached hydrogen (secondary N) is 2. The molecule has 9 heteroatoms. The third kappa shape index (κ3) is 7.08. The van der Waals surface area contributed by atoms with Crippen LogP contribution in [0.1, 0.15) is 25.0 Å². The number of hydrogen-bond acceptors (Lipinski definition) is 6. The summed E-state index contributed by atoms with van der Waals surface area (Å²) in [5.74, 6) is 0.523. The summed E-state index contributed by atoms with van der Waals surface area (Å²) in [6, 6.07) is 14.9. The molecule has 0 aliphatic carbocycles. The molecule has 176 valence electrons. The molecule has 0 aliphatic rings. The van der Waals surface area contributed by atoms with Crippen LogP contribution in [0, 0.1) is 12.8 Å². The maximum absolute atomic E-state index is 12.7. The zero-order chi connectivity index (χ0) is 24.0. The van der Waals surface area contributed by atoms with E-state index in [1.54, 1.807) is 12.1 Å². The average Bonchev–Trinajstić information content (AvgIpc) is 2.75. The standard InChI is InChI=1S/C24H27F3N4O2/c1-15(2)21(14-32)30-23-29-20(17-9-6-10-19(11-17)33-24(25,26)27)12-22(31-23)28-13-18-8-5-4-7-16(18)3/h4-12,15,21,32H,13-14H2,1-3H3,(H2,28,29,30,31)/t21-/m1/s1. The van der Waals surface area contributed by atoms with Crippen molar-refractivity contribution in [2.75, 3.05) is 17.2 Å². The second-order valence-electron chi connectivity index (χ2n) is 8.00. The highest BCUT2D eigenvalue weighted by Gasteiger charge is 2.31. The Morgan fingerprint density at radius 2 is 1.79 bits per heavy atom. The van der Waals surface area contributed by atoms with Crippen molar-refractivity contribution in [1.29, 1.82) is 0 Å². The molecule has 0 unspecified atom stereocenters. The van der Waals surface area contributed by atoms with Crippen molar-refractivity contribution in [3.63, 3.8) is 0 Å². The maximum atomic E-state index is 12.7. The van der Waals surface area contributed by atoms with Gasteiger partial charge < -0.3 is 20.5 Å². The van der Waals surface area contributed by atoms with Crippen LogP contribution < -0.4 is 15.4 Å². The van der Waals surface area contributed by atoms with Gasteiger partial charge in [0.1, 0.15) is 11.6 Å². The van der Waals surface area contributed by atoms with Gasteiger partial charge >= 0.3 is 6.36 Å². The topological polar surface area (TPSA) is 79.3 Å². The zero-order valence-electron chi connectivity index (χ0n) is 18.6. The van der Waals surface area contributed by atoms with Gasteiger partial charge in [-0.1, -0.05) is 50.2 Å². The second-order valence-corrected chi connectivity index (χ2v) is 8.00. The number of rotatable bonds is 9. The smallest absolute Gasteiger partial charge is 0.406 e. The Morgan fingerprint density at radius 1 is 1.03 bits per heavy atom. The highest BCUT2D eigenvalue weighted by molar-refractivity contribution is 5.66. The Morgan fingerprint density at radius 3 is 2.45 bits per heavy atom. The van der Waals surface area contributed by atoms with E-state index in [2.05, 4.69) is 25.3 Å². The lowest BCUT2D eigenvalue weighted by Crippen LogP contribution is -2.30. The fourth-order valence-corrected chi connectivity index (χ4v) is 3.19. The number of halogens is 3. The quantitative estimate of drug-likeness (QED) is 0.397. The number of nitrogens with zero attached hydrogens (tertiary/aromatic N) is 2. The first-order valence-corrected chi connectivity index (χ1v) is 10.6. The summed E-state index contributed by atoms with van der Waals surface area (Å²) >= 11 is 0. The lowest BCUT2D eigenvalue weighted by atomic mass is 10.1. The Balaban J connectivity index is 1.95. The largest absolute Gasteiger partial charge is 0.573 e. The summed E-state index contributed by atoms with van der Waals surface area (Å²) in [4.78, 5) is 8.97. The van der Waals surface area contributed by atoms with E-state index < -0.39 is 6.36 Å². The van der Waals surface area contributed by atoms with Crippen LogP contribution in [-0.2, 0) is 6.54 Å². The third-order valence-corrected chi connectivity index (χ3v) is 5.13. The van der Waals surface area contributed by atoms with Gasteiger partial charge in [0, 0.05) is 18.2 Å². The van der Waals surface area contributed by atoms with Crippen molar-refractivity contribution in [3.05, 3.63) is 65.7 Å². The minimum atomic E-state index is -4.79. The molecule has 0 fully saturated rings. The summed E-state index contributed by atoms with van der Waals surface area (Å²) in [6.07, 6.45) is -4.79. The number of ether oxygens (including phenoxy) is 1. The summed E-state index contributed by atoms with van der Waals surface area (Å²) in [5, 5.41) is 16.1. The molecule has 0 saturated heterocycles. The van der Waals surface area contributed by atoms with E-state index in [0.29, 0.717) is 23.6 Å². The highest BCUT2D eigenvalue weighted by Crippen LogP contribution is 2.29. The molecule has 33 heavy (non-hydrogen) atoms. The molecule has 0 spiro atoms. The van der Waals surface area contributed by atoms with Crippen molar-refractivity contribution < 1.29 is 23.0 Å². The summed E-state index contributed by atoms with van der Waals surface area (Å²) < 4.78 is 42.0. The molecular weight excluding hydrogens is 433 g/mol. The normalized spacial score (nSPS) is 12.5. The van der Waals surface area contributed by atoms with Gasteiger partial charge in [0.05, 0.1) is 18.3 Å². The van der Waals surface area contributed by atoms with Crippen molar-refractivity contribution in [1.82, 2.24) is 9.97 Å². The summed E-state index contributed by atoms with van der Waals surface area (Å²) in [5.41, 5.74) is 3.05. The predicted octanol–water partition coefficient (Wildman–Crippen LogP) is 5.39. The van der Waals surface area contributed by atoms with Crippen LogP contribution in [0.2, 0.25) is 0 Å². The van der Waals surface area contributed by atoms with Gasteiger partial charge in [-0.2, -0.15) is 4.98 Å². The van der Waals surface area contributed by atoms with E-state index >= 15 is 0 Å². The number of anilines is 2. The molecule has 3 aromatic rings. The van der Waals surface area contributed by atoms with Crippen molar-refractivity contribution in [2.45, 2.75) is 39.7 Å². The zero-order valence-corrected chi connectivity index (χ0v) is 18.6. The molecule has 0 aliphatic heterocycles. The molecule has 0 bridgehead atoms. The van der Waals surface area contributed by atoms with Crippen LogP contribution in [0.4, 0.5) is 24.9 Å². The second kappa shape index (κ2) is 10.5. The van der Waals surface area contributed by atoms with Gasteiger partial charge in [-0.15, -0.1) is 13.2 Å². The molecule has 0 saturated carbocycles. The van der Waals surface area contributed by atoms with Crippen LogP contribution in [0.25, 0.3) is 11.3 Å². The van der Waals surface area contributed by atoms with Crippen molar-refractivity contribution in [3.8, 4) is 17.0 Å². The summed E-state index contributed by atoms with van der Waals surface area (Å²) in [6.45, 7) is 6.30. The molecule has 1 atom stereocenters. The van der Waals surface area contributed by atoms with Crippen LogP contribution >= 0.6 is 0 Å². The molecular formula is C24H27F3N4O2. The molecule has 1 heterocycles. The molecule has 1 aromatic heterocycles. The molecule has 0 amide bonds. The molecule has 3 rings (SSSR count). The number of hydrogen-bond donors (Lipinski definition) is 3. The SMILES string of the molecule is Cc1ccccc1CNc1cc(-c2cccc(OC(F)(F)F)c2)nc(N[C@H](CO)C(C)C)n1. The van der Waals surface area contributed by atoms with Crippen LogP contribution in [0.15, 0.2) is 54.6 Å². The number of benzene rings is 2. The molecule has 2 aromatic carbocycles. The van der Waals surface area contributed by atoms with Crippen LogP contribution in [0.3, 0.4) is 0 Å². The number of aliphatic hydroxyl groups excluding tert-OH is 1. The molecule has 3 N–H and O–H groups in total. The predicted molar refractivity (Wildman–Crippen MR) is 122 cm³/mol. The lowest BCUT2D eigenvalue weighted by molar-refractivity contribution is -0.274.